The molecule has 0 atom stereocenters. The number of aromatic nitrogens is 3. The van der Waals surface area contributed by atoms with Crippen LogP contribution >= 0.6 is 15.9 Å². The van der Waals surface area contributed by atoms with E-state index < -0.39 is 0 Å². The van der Waals surface area contributed by atoms with Crippen LogP contribution in [-0.4, -0.2) is 25.4 Å². The lowest BCUT2D eigenvalue weighted by Gasteiger charge is -2.09. The van der Waals surface area contributed by atoms with Crippen LogP contribution in [-0.2, 0) is 20.6 Å². The quantitative estimate of drug-likeness (QED) is 0.737. The van der Waals surface area contributed by atoms with Gasteiger partial charge in [0.2, 0.25) is 0 Å². The first-order valence-electron chi connectivity index (χ1n) is 7.61. The van der Waals surface area contributed by atoms with Crippen LogP contribution in [0.4, 0.5) is 0 Å². The molecule has 0 spiro atoms. The van der Waals surface area contributed by atoms with E-state index in [1.54, 1.807) is 7.05 Å². The van der Waals surface area contributed by atoms with Crippen molar-refractivity contribution >= 4 is 26.8 Å². The standard InChI is InChI=1S/C17H18BrN3O3/c1-19-13-10-21(8-3-9-22)15(11-4-6-12(18)7-5-11)14(13)16(23)20(2)17(19)24/h4-7,10,22H,3,8-9H2,1-2H3. The summed E-state index contributed by atoms with van der Waals surface area (Å²) in [5.74, 6) is 0. The Balaban J connectivity index is 2.41. The van der Waals surface area contributed by atoms with Gasteiger partial charge < -0.3 is 9.67 Å². The smallest absolute Gasteiger partial charge is 0.330 e. The van der Waals surface area contributed by atoms with Crippen LogP contribution in [0.15, 0.2) is 44.5 Å². The van der Waals surface area contributed by atoms with Crippen LogP contribution in [0.2, 0.25) is 0 Å². The van der Waals surface area contributed by atoms with Gasteiger partial charge in [0.25, 0.3) is 5.56 Å². The Morgan fingerprint density at radius 3 is 2.38 bits per heavy atom. The van der Waals surface area contributed by atoms with Gasteiger partial charge in [-0.05, 0) is 24.1 Å². The zero-order valence-electron chi connectivity index (χ0n) is 13.5. The van der Waals surface area contributed by atoms with Crippen molar-refractivity contribution in [3.05, 3.63) is 55.8 Å². The second-order valence-electron chi connectivity index (χ2n) is 5.72. The summed E-state index contributed by atoms with van der Waals surface area (Å²) >= 11 is 3.42. The first-order chi connectivity index (χ1) is 11.5. The molecule has 0 amide bonds. The van der Waals surface area contributed by atoms with E-state index in [1.165, 1.54) is 11.6 Å². The molecule has 6 nitrogen and oxygen atoms in total. The minimum absolute atomic E-state index is 0.0608. The molecule has 3 aromatic rings. The fraction of sp³-hybridized carbons (Fsp3) is 0.294. The van der Waals surface area contributed by atoms with Crippen molar-refractivity contribution in [3.63, 3.8) is 0 Å². The van der Waals surface area contributed by atoms with Crippen molar-refractivity contribution in [2.24, 2.45) is 14.1 Å². The van der Waals surface area contributed by atoms with Gasteiger partial charge in [0.1, 0.15) is 0 Å². The summed E-state index contributed by atoms with van der Waals surface area (Å²) < 4.78 is 5.49. The zero-order valence-corrected chi connectivity index (χ0v) is 15.1. The van der Waals surface area contributed by atoms with E-state index in [4.69, 9.17) is 5.11 Å². The van der Waals surface area contributed by atoms with Gasteiger partial charge in [0, 0.05) is 37.9 Å². The number of benzene rings is 1. The molecule has 0 saturated heterocycles. The molecule has 0 bridgehead atoms. The van der Waals surface area contributed by atoms with Crippen LogP contribution in [0.5, 0.6) is 0 Å². The van der Waals surface area contributed by atoms with Crippen LogP contribution in [0.3, 0.4) is 0 Å². The van der Waals surface area contributed by atoms with Crippen molar-refractivity contribution in [3.8, 4) is 11.3 Å². The Morgan fingerprint density at radius 2 is 1.75 bits per heavy atom. The number of aryl methyl sites for hydroxylation is 2. The summed E-state index contributed by atoms with van der Waals surface area (Å²) in [7, 11) is 3.15. The second kappa shape index (κ2) is 6.41. The van der Waals surface area contributed by atoms with Crippen LogP contribution in [0, 0.1) is 0 Å². The maximum Gasteiger partial charge on any atom is 0.330 e. The predicted molar refractivity (Wildman–Crippen MR) is 97.3 cm³/mol. The topological polar surface area (TPSA) is 69.2 Å². The summed E-state index contributed by atoms with van der Waals surface area (Å²) in [6.07, 6.45) is 2.38. The lowest BCUT2D eigenvalue weighted by atomic mass is 10.1. The Kier molecular flexibility index (Phi) is 4.47. The predicted octanol–water partition coefficient (Wildman–Crippen LogP) is 1.85. The lowest BCUT2D eigenvalue weighted by molar-refractivity contribution is 0.280. The van der Waals surface area contributed by atoms with E-state index in [9.17, 15) is 9.59 Å². The number of hydrogen-bond acceptors (Lipinski definition) is 3. The molecule has 2 aromatic heterocycles. The number of hydrogen-bond donors (Lipinski definition) is 1. The van der Waals surface area contributed by atoms with Gasteiger partial charge in [-0.25, -0.2) is 4.79 Å². The molecule has 0 aliphatic carbocycles. The number of fused-ring (bicyclic) bond motifs is 1. The zero-order chi connectivity index (χ0) is 17.4. The van der Waals surface area contributed by atoms with E-state index in [0.717, 1.165) is 20.3 Å². The average Bonchev–Trinajstić information content (AvgIpc) is 2.96. The van der Waals surface area contributed by atoms with Gasteiger partial charge >= 0.3 is 5.69 Å². The van der Waals surface area contributed by atoms with Crippen molar-refractivity contribution < 1.29 is 5.11 Å². The van der Waals surface area contributed by atoms with Crippen LogP contribution < -0.4 is 11.2 Å². The van der Waals surface area contributed by atoms with Gasteiger partial charge in [-0.3, -0.25) is 13.9 Å². The Bertz CT molecular complexity index is 1010. The SMILES string of the molecule is Cn1c(=O)c2c(-c3ccc(Br)cc3)n(CCCO)cc2n(C)c1=O. The van der Waals surface area contributed by atoms with Crippen molar-refractivity contribution in [1.29, 1.82) is 0 Å². The summed E-state index contributed by atoms with van der Waals surface area (Å²) in [5, 5.41) is 9.67. The molecule has 126 valence electrons. The van der Waals surface area contributed by atoms with Gasteiger partial charge in [-0.1, -0.05) is 28.1 Å². The summed E-state index contributed by atoms with van der Waals surface area (Å²) in [6.45, 7) is 0.624. The molecular weight excluding hydrogens is 374 g/mol. The number of nitrogens with zero attached hydrogens (tertiary/aromatic N) is 3. The number of halogens is 1. The van der Waals surface area contributed by atoms with Crippen molar-refractivity contribution in [1.82, 2.24) is 13.7 Å². The Labute approximate surface area is 146 Å². The first-order valence-corrected chi connectivity index (χ1v) is 8.40. The molecular formula is C17H18BrN3O3. The molecule has 1 N–H and O–H groups in total. The molecule has 0 aliphatic rings. The Hall–Kier alpha value is -2.12. The molecule has 2 heterocycles. The molecule has 24 heavy (non-hydrogen) atoms. The maximum atomic E-state index is 12.7. The second-order valence-corrected chi connectivity index (χ2v) is 6.64. The fourth-order valence-corrected chi connectivity index (χ4v) is 3.19. The van der Waals surface area contributed by atoms with Gasteiger partial charge in [-0.2, -0.15) is 0 Å². The van der Waals surface area contributed by atoms with Crippen LogP contribution in [0.25, 0.3) is 22.2 Å². The third kappa shape index (κ3) is 2.63. The van der Waals surface area contributed by atoms with Gasteiger partial charge in [-0.15, -0.1) is 0 Å². The molecule has 3 rings (SSSR count). The third-order valence-corrected chi connectivity index (χ3v) is 4.72. The van der Waals surface area contributed by atoms with E-state index in [-0.39, 0.29) is 17.9 Å². The third-order valence-electron chi connectivity index (χ3n) is 4.19. The first kappa shape index (κ1) is 16.7. The van der Waals surface area contributed by atoms with E-state index in [1.807, 2.05) is 35.0 Å². The summed E-state index contributed by atoms with van der Waals surface area (Å²) in [6, 6.07) is 7.69. The molecule has 0 unspecified atom stereocenters. The van der Waals surface area contributed by atoms with Crippen molar-refractivity contribution in [2.45, 2.75) is 13.0 Å². The molecule has 0 fully saturated rings. The van der Waals surface area contributed by atoms with Crippen LogP contribution in [0.1, 0.15) is 6.42 Å². The normalized spacial score (nSPS) is 11.3. The maximum absolute atomic E-state index is 12.7. The highest BCUT2D eigenvalue weighted by molar-refractivity contribution is 9.10. The van der Waals surface area contributed by atoms with E-state index >= 15 is 0 Å². The summed E-state index contributed by atoms with van der Waals surface area (Å²) in [5.41, 5.74) is 1.59. The Morgan fingerprint density at radius 1 is 1.08 bits per heavy atom. The molecule has 7 heteroatoms. The monoisotopic (exact) mass is 391 g/mol. The number of rotatable bonds is 4. The average molecular weight is 392 g/mol. The number of aliphatic hydroxyl groups is 1. The lowest BCUT2D eigenvalue weighted by Crippen LogP contribution is -2.36. The highest BCUT2D eigenvalue weighted by Gasteiger charge is 2.19. The molecule has 0 aliphatic heterocycles. The highest BCUT2D eigenvalue weighted by Crippen LogP contribution is 2.29. The largest absolute Gasteiger partial charge is 0.396 e. The molecule has 1 aromatic carbocycles. The molecule has 0 radical (unpaired) electrons. The van der Waals surface area contributed by atoms with E-state index in [0.29, 0.717) is 23.9 Å². The number of aliphatic hydroxyl groups excluding tert-OH is 1. The van der Waals surface area contributed by atoms with Gasteiger partial charge in [0.15, 0.2) is 0 Å². The minimum Gasteiger partial charge on any atom is -0.396 e. The van der Waals surface area contributed by atoms with E-state index in [2.05, 4.69) is 15.9 Å². The fourth-order valence-electron chi connectivity index (χ4n) is 2.92. The van der Waals surface area contributed by atoms with Crippen molar-refractivity contribution in [2.75, 3.05) is 6.61 Å². The molecule has 0 saturated carbocycles. The highest BCUT2D eigenvalue weighted by atomic mass is 79.9. The summed E-state index contributed by atoms with van der Waals surface area (Å²) in [4.78, 5) is 24.9. The minimum atomic E-state index is -0.353. The van der Waals surface area contributed by atoms with Gasteiger partial charge in [0.05, 0.1) is 16.6 Å².